The third kappa shape index (κ3) is 3.53. The van der Waals surface area contributed by atoms with Gasteiger partial charge in [-0.25, -0.2) is 9.97 Å². The molecule has 3 aromatic rings. The molecule has 23 heavy (non-hydrogen) atoms. The average molecular weight is 326 g/mol. The molecule has 0 aliphatic heterocycles. The van der Waals surface area contributed by atoms with Crippen molar-refractivity contribution in [2.45, 2.75) is 19.2 Å². The number of para-hydroxylation sites is 2. The number of rotatable bonds is 5. The number of pyridine rings is 1. The molecule has 1 amide bonds. The Hall–Kier alpha value is -2.34. The Morgan fingerprint density at radius 3 is 2.91 bits per heavy atom. The number of hydrogen-bond donors (Lipinski definition) is 1. The molecule has 2 heterocycles. The maximum absolute atomic E-state index is 12.4. The Kier molecular flexibility index (Phi) is 4.62. The molecule has 5 nitrogen and oxygen atoms in total. The minimum atomic E-state index is -0.103. The van der Waals surface area contributed by atoms with Gasteiger partial charge in [0.05, 0.1) is 16.8 Å². The van der Waals surface area contributed by atoms with E-state index in [4.69, 9.17) is 0 Å². The van der Waals surface area contributed by atoms with E-state index in [1.54, 1.807) is 18.0 Å². The average Bonchev–Trinajstić information content (AvgIpc) is 2.85. The zero-order valence-electron chi connectivity index (χ0n) is 13.1. The first-order valence-corrected chi connectivity index (χ1v) is 8.72. The van der Waals surface area contributed by atoms with Crippen molar-refractivity contribution in [3.63, 3.8) is 0 Å². The second kappa shape index (κ2) is 6.83. The molecule has 0 saturated carbocycles. The van der Waals surface area contributed by atoms with Gasteiger partial charge >= 0.3 is 0 Å². The van der Waals surface area contributed by atoms with E-state index in [0.29, 0.717) is 5.82 Å². The van der Waals surface area contributed by atoms with Crippen molar-refractivity contribution < 1.29 is 4.79 Å². The maximum Gasteiger partial charge on any atom is 0.245 e. The van der Waals surface area contributed by atoms with Crippen LogP contribution in [0.4, 0.5) is 5.82 Å². The number of carbonyl (C=O) groups excluding carboxylic acids is 1. The summed E-state index contributed by atoms with van der Waals surface area (Å²) in [5.74, 6) is 2.15. The predicted molar refractivity (Wildman–Crippen MR) is 94.6 cm³/mol. The number of hydrogen-bond acceptors (Lipinski definition) is 4. The molecule has 0 bridgehead atoms. The number of carbonyl (C=O) groups is 1. The van der Waals surface area contributed by atoms with Gasteiger partial charge in [0.1, 0.15) is 18.2 Å². The Bertz CT molecular complexity index is 843. The summed E-state index contributed by atoms with van der Waals surface area (Å²) in [7, 11) is 0. The first kappa shape index (κ1) is 15.6. The van der Waals surface area contributed by atoms with Crippen LogP contribution in [0.25, 0.3) is 11.0 Å². The van der Waals surface area contributed by atoms with Crippen LogP contribution < -0.4 is 5.32 Å². The van der Waals surface area contributed by atoms with Gasteiger partial charge in [-0.3, -0.25) is 4.79 Å². The van der Waals surface area contributed by atoms with E-state index in [1.165, 1.54) is 0 Å². The van der Waals surface area contributed by atoms with Gasteiger partial charge in [0, 0.05) is 6.20 Å². The minimum Gasteiger partial charge on any atom is -0.318 e. The number of nitrogens with one attached hydrogen (secondary N) is 1. The summed E-state index contributed by atoms with van der Waals surface area (Å²) < 4.78 is 1.97. The lowest BCUT2D eigenvalue weighted by atomic mass is 10.3. The number of aromatic nitrogens is 3. The van der Waals surface area contributed by atoms with Gasteiger partial charge < -0.3 is 9.88 Å². The van der Waals surface area contributed by atoms with Gasteiger partial charge in [0.15, 0.2) is 0 Å². The number of aryl methyl sites for hydroxylation is 1. The molecular formula is C17H18N4OS. The highest BCUT2D eigenvalue weighted by Crippen LogP contribution is 2.19. The van der Waals surface area contributed by atoms with Crippen LogP contribution in [0.1, 0.15) is 11.4 Å². The van der Waals surface area contributed by atoms with Gasteiger partial charge in [0.2, 0.25) is 5.91 Å². The van der Waals surface area contributed by atoms with Crippen molar-refractivity contribution in [3.05, 3.63) is 54.0 Å². The van der Waals surface area contributed by atoms with Crippen LogP contribution in [0, 0.1) is 6.92 Å². The largest absolute Gasteiger partial charge is 0.318 e. The number of amides is 1. The lowest BCUT2D eigenvalue weighted by Gasteiger charge is -2.09. The highest BCUT2D eigenvalue weighted by molar-refractivity contribution is 7.97. The number of anilines is 1. The fourth-order valence-electron chi connectivity index (χ4n) is 2.47. The van der Waals surface area contributed by atoms with Gasteiger partial charge in [-0.15, -0.1) is 0 Å². The Morgan fingerprint density at radius 2 is 2.13 bits per heavy atom. The molecule has 0 fully saturated rings. The Morgan fingerprint density at radius 1 is 1.30 bits per heavy atom. The number of benzene rings is 1. The third-order valence-electron chi connectivity index (χ3n) is 3.49. The molecule has 2 aromatic heterocycles. The molecule has 6 heteroatoms. The summed E-state index contributed by atoms with van der Waals surface area (Å²) >= 11 is 1.69. The molecule has 0 unspecified atom stereocenters. The number of fused-ring (bicyclic) bond motifs is 1. The molecule has 0 aliphatic carbocycles. The van der Waals surface area contributed by atoms with E-state index in [2.05, 4.69) is 15.3 Å². The molecule has 118 valence electrons. The van der Waals surface area contributed by atoms with Crippen LogP contribution in [0.3, 0.4) is 0 Å². The van der Waals surface area contributed by atoms with Crippen LogP contribution >= 0.6 is 11.8 Å². The molecule has 0 atom stereocenters. The van der Waals surface area contributed by atoms with Gasteiger partial charge in [0.25, 0.3) is 0 Å². The zero-order chi connectivity index (χ0) is 16.2. The second-order valence-electron chi connectivity index (χ2n) is 5.30. The van der Waals surface area contributed by atoms with Crippen molar-refractivity contribution in [2.24, 2.45) is 0 Å². The standard InChI is InChI=1S/C17H18N4OS/c1-12-7-8-18-15(9-12)20-17(22)10-21-14-6-4-3-5-13(14)19-16(21)11-23-2/h3-9H,10-11H2,1-2H3,(H,18,20,22). The van der Waals surface area contributed by atoms with E-state index in [-0.39, 0.29) is 12.5 Å². The van der Waals surface area contributed by atoms with Gasteiger partial charge in [-0.1, -0.05) is 12.1 Å². The maximum atomic E-state index is 12.4. The first-order chi connectivity index (χ1) is 11.2. The molecule has 1 aromatic carbocycles. The van der Waals surface area contributed by atoms with E-state index >= 15 is 0 Å². The third-order valence-corrected chi connectivity index (χ3v) is 4.04. The van der Waals surface area contributed by atoms with Crippen LogP contribution in [0.5, 0.6) is 0 Å². The summed E-state index contributed by atoms with van der Waals surface area (Å²) in [5, 5.41) is 2.85. The Labute approximate surface area is 139 Å². The Balaban J connectivity index is 1.85. The van der Waals surface area contributed by atoms with Gasteiger partial charge in [-0.05, 0) is 43.0 Å². The highest BCUT2D eigenvalue weighted by Gasteiger charge is 2.13. The van der Waals surface area contributed by atoms with Crippen molar-refractivity contribution in [2.75, 3.05) is 11.6 Å². The minimum absolute atomic E-state index is 0.103. The summed E-state index contributed by atoms with van der Waals surface area (Å²) in [5.41, 5.74) is 2.95. The number of thioether (sulfide) groups is 1. The monoisotopic (exact) mass is 326 g/mol. The zero-order valence-corrected chi connectivity index (χ0v) is 13.9. The molecule has 0 radical (unpaired) electrons. The van der Waals surface area contributed by atoms with Crippen molar-refractivity contribution in [1.82, 2.24) is 14.5 Å². The van der Waals surface area contributed by atoms with Crippen LogP contribution in [0.2, 0.25) is 0 Å². The summed E-state index contributed by atoms with van der Waals surface area (Å²) in [4.78, 5) is 21.2. The lowest BCUT2D eigenvalue weighted by Crippen LogP contribution is -2.20. The molecule has 0 spiro atoms. The quantitative estimate of drug-likeness (QED) is 0.782. The molecular weight excluding hydrogens is 308 g/mol. The molecule has 3 rings (SSSR count). The summed E-state index contributed by atoms with van der Waals surface area (Å²) in [6.45, 7) is 2.20. The smallest absolute Gasteiger partial charge is 0.245 e. The van der Waals surface area contributed by atoms with Crippen molar-refractivity contribution in [3.8, 4) is 0 Å². The molecule has 0 aliphatic rings. The van der Waals surface area contributed by atoms with Crippen LogP contribution in [0.15, 0.2) is 42.6 Å². The number of imidazole rings is 1. The molecule has 0 saturated heterocycles. The van der Waals surface area contributed by atoms with E-state index in [1.807, 2.05) is 54.1 Å². The molecule has 1 N–H and O–H groups in total. The fraction of sp³-hybridized carbons (Fsp3) is 0.235. The van der Waals surface area contributed by atoms with Gasteiger partial charge in [-0.2, -0.15) is 11.8 Å². The highest BCUT2D eigenvalue weighted by atomic mass is 32.2. The fourth-order valence-corrected chi connectivity index (χ4v) is 2.95. The normalized spacial score (nSPS) is 10.9. The summed E-state index contributed by atoms with van der Waals surface area (Å²) in [6, 6.07) is 11.6. The SMILES string of the molecule is CSCc1nc2ccccc2n1CC(=O)Nc1cc(C)ccn1. The lowest BCUT2D eigenvalue weighted by molar-refractivity contribution is -0.116. The summed E-state index contributed by atoms with van der Waals surface area (Å²) in [6.07, 6.45) is 3.72. The van der Waals surface area contributed by atoms with Crippen LogP contribution in [-0.4, -0.2) is 26.7 Å². The number of nitrogens with zero attached hydrogens (tertiary/aromatic N) is 3. The van der Waals surface area contributed by atoms with E-state index < -0.39 is 0 Å². The van der Waals surface area contributed by atoms with Crippen molar-refractivity contribution >= 4 is 34.5 Å². The van der Waals surface area contributed by atoms with E-state index in [0.717, 1.165) is 28.2 Å². The predicted octanol–water partition coefficient (Wildman–Crippen LogP) is 3.24. The van der Waals surface area contributed by atoms with Crippen molar-refractivity contribution in [1.29, 1.82) is 0 Å². The second-order valence-corrected chi connectivity index (χ2v) is 6.17. The van der Waals surface area contributed by atoms with Crippen LogP contribution in [-0.2, 0) is 17.1 Å². The topological polar surface area (TPSA) is 59.8 Å². The van der Waals surface area contributed by atoms with E-state index in [9.17, 15) is 4.79 Å². The first-order valence-electron chi connectivity index (χ1n) is 7.33.